The highest BCUT2D eigenvalue weighted by molar-refractivity contribution is 9.10. The number of nitrogens with one attached hydrogen (secondary N) is 1. The van der Waals surface area contributed by atoms with E-state index in [9.17, 15) is 4.79 Å². The van der Waals surface area contributed by atoms with E-state index in [1.165, 1.54) is 7.11 Å². The van der Waals surface area contributed by atoms with Gasteiger partial charge in [-0.3, -0.25) is 4.79 Å². The lowest BCUT2D eigenvalue weighted by atomic mass is 9.95. The van der Waals surface area contributed by atoms with E-state index in [1.807, 2.05) is 32.0 Å². The number of methoxy groups -OCH3 is 1. The summed E-state index contributed by atoms with van der Waals surface area (Å²) in [4.78, 5) is 11.7. The van der Waals surface area contributed by atoms with Crippen molar-refractivity contribution in [2.45, 2.75) is 33.7 Å². The van der Waals surface area contributed by atoms with Gasteiger partial charge in [-0.05, 0) is 45.5 Å². The molecule has 0 aromatic heterocycles. The number of esters is 1. The van der Waals surface area contributed by atoms with Gasteiger partial charge in [0.05, 0.1) is 12.5 Å². The van der Waals surface area contributed by atoms with Gasteiger partial charge in [-0.15, -0.1) is 0 Å². The van der Waals surface area contributed by atoms with E-state index in [0.29, 0.717) is 0 Å². The summed E-state index contributed by atoms with van der Waals surface area (Å²) in [6.07, 6.45) is 0. The van der Waals surface area contributed by atoms with Gasteiger partial charge in [-0.25, -0.2) is 0 Å². The minimum Gasteiger partial charge on any atom is -0.492 e. The molecule has 0 fully saturated rings. The molecule has 1 atom stereocenters. The highest BCUT2D eigenvalue weighted by Crippen LogP contribution is 2.30. The Bertz CT molecular complexity index is 488. The molecule has 0 heterocycles. The van der Waals surface area contributed by atoms with E-state index < -0.39 is 5.41 Å². The molecular formula is C16H24BrNO3. The lowest BCUT2D eigenvalue weighted by Crippen LogP contribution is -2.32. The van der Waals surface area contributed by atoms with Crippen LogP contribution in [-0.4, -0.2) is 26.2 Å². The van der Waals surface area contributed by atoms with Crippen LogP contribution in [0.1, 0.15) is 39.3 Å². The van der Waals surface area contributed by atoms with Crippen LogP contribution in [0.3, 0.4) is 0 Å². The lowest BCUT2D eigenvalue weighted by molar-refractivity contribution is -0.152. The van der Waals surface area contributed by atoms with Crippen LogP contribution in [0.2, 0.25) is 0 Å². The molecule has 0 spiro atoms. The van der Waals surface area contributed by atoms with Crippen molar-refractivity contribution in [2.24, 2.45) is 5.41 Å². The highest BCUT2D eigenvalue weighted by Gasteiger charge is 2.30. The van der Waals surface area contributed by atoms with Gasteiger partial charge in [-0.2, -0.15) is 0 Å². The van der Waals surface area contributed by atoms with Crippen LogP contribution >= 0.6 is 15.9 Å². The summed E-state index contributed by atoms with van der Waals surface area (Å²) in [6.45, 7) is 8.92. The predicted octanol–water partition coefficient (Wildman–Crippen LogP) is 3.70. The van der Waals surface area contributed by atoms with Crippen molar-refractivity contribution in [1.82, 2.24) is 5.32 Å². The molecule has 21 heavy (non-hydrogen) atoms. The molecular weight excluding hydrogens is 334 g/mol. The van der Waals surface area contributed by atoms with Crippen molar-refractivity contribution < 1.29 is 14.3 Å². The molecule has 0 radical (unpaired) electrons. The maximum atomic E-state index is 11.7. The van der Waals surface area contributed by atoms with Crippen LogP contribution in [0.5, 0.6) is 5.75 Å². The second-order valence-electron chi connectivity index (χ2n) is 5.63. The average Bonchev–Trinajstić information content (AvgIpc) is 2.45. The number of hydrogen-bond acceptors (Lipinski definition) is 4. The van der Waals surface area contributed by atoms with Crippen molar-refractivity contribution >= 4 is 21.9 Å². The highest BCUT2D eigenvalue weighted by atomic mass is 79.9. The first-order chi connectivity index (χ1) is 9.81. The number of rotatable bonds is 7. The third kappa shape index (κ3) is 5.00. The smallest absolute Gasteiger partial charge is 0.314 e. The molecule has 1 unspecified atom stereocenters. The van der Waals surface area contributed by atoms with E-state index in [4.69, 9.17) is 9.47 Å². The Balaban J connectivity index is 2.90. The lowest BCUT2D eigenvalue weighted by Gasteiger charge is -2.24. The summed E-state index contributed by atoms with van der Waals surface area (Å²) in [5, 5.41) is 3.37. The van der Waals surface area contributed by atoms with Crippen LogP contribution in [-0.2, 0) is 9.53 Å². The second-order valence-corrected chi connectivity index (χ2v) is 6.54. The Hall–Kier alpha value is -1.07. The first kappa shape index (κ1) is 18.0. The molecule has 0 aliphatic rings. The second kappa shape index (κ2) is 7.80. The fourth-order valence-corrected chi connectivity index (χ4v) is 2.38. The number of carbonyl (C=O) groups is 1. The number of hydrogen-bond donors (Lipinski definition) is 1. The molecule has 0 saturated carbocycles. The van der Waals surface area contributed by atoms with E-state index in [1.54, 1.807) is 0 Å². The molecule has 0 aliphatic carbocycles. The fourth-order valence-electron chi connectivity index (χ4n) is 2.00. The quantitative estimate of drug-likeness (QED) is 0.755. The summed E-state index contributed by atoms with van der Waals surface area (Å²) in [6, 6.07) is 6.06. The summed E-state index contributed by atoms with van der Waals surface area (Å²) >= 11 is 3.48. The zero-order chi connectivity index (χ0) is 16.0. The Morgan fingerprint density at radius 2 is 2.10 bits per heavy atom. The van der Waals surface area contributed by atoms with Crippen molar-refractivity contribution in [3.63, 3.8) is 0 Å². The summed E-state index contributed by atoms with van der Waals surface area (Å²) in [7, 11) is 1.39. The van der Waals surface area contributed by atoms with Crippen LogP contribution < -0.4 is 10.1 Å². The molecule has 0 bridgehead atoms. The largest absolute Gasteiger partial charge is 0.492 e. The zero-order valence-corrected chi connectivity index (χ0v) is 14.9. The summed E-state index contributed by atoms with van der Waals surface area (Å²) < 4.78 is 11.7. The number of benzene rings is 1. The van der Waals surface area contributed by atoms with E-state index in [0.717, 1.165) is 22.3 Å². The van der Waals surface area contributed by atoms with Gasteiger partial charge < -0.3 is 14.8 Å². The van der Waals surface area contributed by atoms with Crippen LogP contribution in [0, 0.1) is 5.41 Å². The third-order valence-corrected chi connectivity index (χ3v) is 3.77. The van der Waals surface area contributed by atoms with E-state index in [-0.39, 0.29) is 18.6 Å². The molecule has 0 amide bonds. The van der Waals surface area contributed by atoms with E-state index in [2.05, 4.69) is 35.1 Å². The first-order valence-electron chi connectivity index (χ1n) is 7.06. The van der Waals surface area contributed by atoms with E-state index >= 15 is 0 Å². The SMILES string of the molecule is CCNC(C)c1cc(Br)ccc1OCC(C)(C)C(=O)OC. The van der Waals surface area contributed by atoms with Crippen molar-refractivity contribution in [1.29, 1.82) is 0 Å². The van der Waals surface area contributed by atoms with Crippen molar-refractivity contribution in [3.05, 3.63) is 28.2 Å². The van der Waals surface area contributed by atoms with Crippen LogP contribution in [0.15, 0.2) is 22.7 Å². The maximum absolute atomic E-state index is 11.7. The predicted molar refractivity (Wildman–Crippen MR) is 87.5 cm³/mol. The number of carbonyl (C=O) groups excluding carboxylic acids is 1. The van der Waals surface area contributed by atoms with Gasteiger partial charge in [-0.1, -0.05) is 22.9 Å². The monoisotopic (exact) mass is 357 g/mol. The molecule has 1 N–H and O–H groups in total. The average molecular weight is 358 g/mol. The molecule has 1 aromatic rings. The Morgan fingerprint density at radius 3 is 2.67 bits per heavy atom. The summed E-state index contributed by atoms with van der Waals surface area (Å²) in [5.74, 6) is 0.504. The molecule has 5 heteroatoms. The molecule has 4 nitrogen and oxygen atoms in total. The zero-order valence-electron chi connectivity index (χ0n) is 13.3. The van der Waals surface area contributed by atoms with Crippen LogP contribution in [0.4, 0.5) is 0 Å². The maximum Gasteiger partial charge on any atom is 0.314 e. The minimum atomic E-state index is -0.680. The Labute approximate surface area is 135 Å². The van der Waals surface area contributed by atoms with Crippen molar-refractivity contribution in [3.8, 4) is 5.75 Å². The van der Waals surface area contributed by atoms with Gasteiger partial charge >= 0.3 is 5.97 Å². The number of ether oxygens (including phenoxy) is 2. The fraction of sp³-hybridized carbons (Fsp3) is 0.562. The first-order valence-corrected chi connectivity index (χ1v) is 7.85. The molecule has 1 aromatic carbocycles. The van der Waals surface area contributed by atoms with Gasteiger partial charge in [0.25, 0.3) is 0 Å². The molecule has 1 rings (SSSR count). The van der Waals surface area contributed by atoms with Gasteiger partial charge in [0.15, 0.2) is 0 Å². The summed E-state index contributed by atoms with van der Waals surface area (Å²) in [5.41, 5.74) is 0.382. The Morgan fingerprint density at radius 1 is 1.43 bits per heavy atom. The molecule has 0 aliphatic heterocycles. The molecule has 0 saturated heterocycles. The normalized spacial score (nSPS) is 12.9. The minimum absolute atomic E-state index is 0.170. The Kier molecular flexibility index (Phi) is 6.68. The van der Waals surface area contributed by atoms with Gasteiger partial charge in [0.2, 0.25) is 0 Å². The third-order valence-electron chi connectivity index (χ3n) is 3.28. The molecule has 118 valence electrons. The van der Waals surface area contributed by atoms with Crippen molar-refractivity contribution in [2.75, 3.05) is 20.3 Å². The standard InChI is InChI=1S/C16H24BrNO3/c1-6-18-11(2)13-9-12(17)7-8-14(13)21-10-16(3,4)15(19)20-5/h7-9,11,18H,6,10H2,1-5H3. The topological polar surface area (TPSA) is 47.6 Å². The van der Waals surface area contributed by atoms with Gasteiger partial charge in [0.1, 0.15) is 12.4 Å². The number of halogens is 1. The van der Waals surface area contributed by atoms with Crippen LogP contribution in [0.25, 0.3) is 0 Å². The van der Waals surface area contributed by atoms with Gasteiger partial charge in [0, 0.05) is 16.1 Å².